The fourth-order valence-electron chi connectivity index (χ4n) is 2.23. The zero-order chi connectivity index (χ0) is 16.0. The molecule has 0 amide bonds. The first kappa shape index (κ1) is 14.9. The maximum Gasteiger partial charge on any atom is 0.498 e. The van der Waals surface area contributed by atoms with Crippen molar-refractivity contribution in [3.63, 3.8) is 0 Å². The number of nitrogens with zero attached hydrogens (tertiary/aromatic N) is 3. The van der Waals surface area contributed by atoms with Gasteiger partial charge in [0.15, 0.2) is 6.29 Å². The summed E-state index contributed by atoms with van der Waals surface area (Å²) in [5.41, 5.74) is 0.453. The fraction of sp³-hybridized carbons (Fsp3) is 0.400. The summed E-state index contributed by atoms with van der Waals surface area (Å²) in [6.07, 6.45) is 5.84. The van der Waals surface area contributed by atoms with Crippen molar-refractivity contribution < 1.29 is 14.1 Å². The molecule has 0 spiro atoms. The van der Waals surface area contributed by atoms with E-state index in [2.05, 4.69) is 9.97 Å². The number of hydrogen-bond donors (Lipinski definition) is 0. The Kier molecular flexibility index (Phi) is 3.42. The molecule has 0 bridgehead atoms. The van der Waals surface area contributed by atoms with Crippen LogP contribution in [-0.4, -0.2) is 39.1 Å². The van der Waals surface area contributed by atoms with Crippen LogP contribution in [0.15, 0.2) is 30.7 Å². The molecule has 3 heterocycles. The van der Waals surface area contributed by atoms with E-state index in [1.165, 1.54) is 0 Å². The average Bonchev–Trinajstić information content (AvgIpc) is 3.02. The molecular formula is C15H18BN3O3. The molecule has 22 heavy (non-hydrogen) atoms. The minimum Gasteiger partial charge on any atom is -0.399 e. The van der Waals surface area contributed by atoms with Crippen LogP contribution in [-0.2, 0) is 9.31 Å². The Morgan fingerprint density at radius 2 is 1.73 bits per heavy atom. The third-order valence-corrected chi connectivity index (χ3v) is 4.30. The lowest BCUT2D eigenvalue weighted by molar-refractivity contribution is 0.00578. The highest BCUT2D eigenvalue weighted by atomic mass is 16.7. The van der Waals surface area contributed by atoms with Gasteiger partial charge in [0.2, 0.25) is 5.95 Å². The van der Waals surface area contributed by atoms with Gasteiger partial charge in [-0.2, -0.15) is 0 Å². The third kappa shape index (κ3) is 2.36. The van der Waals surface area contributed by atoms with E-state index < -0.39 is 18.3 Å². The van der Waals surface area contributed by atoms with Crippen molar-refractivity contribution in [2.75, 3.05) is 0 Å². The maximum atomic E-state index is 11.0. The average molecular weight is 299 g/mol. The topological polar surface area (TPSA) is 66.2 Å². The van der Waals surface area contributed by atoms with Crippen LogP contribution >= 0.6 is 0 Å². The van der Waals surface area contributed by atoms with Crippen LogP contribution in [0, 0.1) is 0 Å². The van der Waals surface area contributed by atoms with Crippen LogP contribution < -0.4 is 5.46 Å². The van der Waals surface area contributed by atoms with Crippen LogP contribution in [0.4, 0.5) is 0 Å². The number of aldehydes is 1. The number of carbonyl (C=O) groups is 1. The highest BCUT2D eigenvalue weighted by Gasteiger charge is 2.51. The standard InChI is InChI=1S/C15H18BN3O3/c1-14(2)15(3,4)22-16(21-14)11-8-17-13(18-9-11)19-7-5-6-12(19)10-20/h5-10H,1-4H3. The van der Waals surface area contributed by atoms with Gasteiger partial charge in [-0.25, -0.2) is 9.97 Å². The normalized spacial score (nSPS) is 19.4. The minimum absolute atomic E-state index is 0.401. The molecule has 1 fully saturated rings. The summed E-state index contributed by atoms with van der Waals surface area (Å²) in [6.45, 7) is 7.99. The van der Waals surface area contributed by atoms with Crippen molar-refractivity contribution in [2.45, 2.75) is 38.9 Å². The van der Waals surface area contributed by atoms with Gasteiger partial charge in [-0.05, 0) is 39.8 Å². The predicted octanol–water partition coefficient (Wildman–Crippen LogP) is 1.38. The molecule has 6 nitrogen and oxygen atoms in total. The highest BCUT2D eigenvalue weighted by molar-refractivity contribution is 6.61. The fourth-order valence-corrected chi connectivity index (χ4v) is 2.23. The summed E-state index contributed by atoms with van der Waals surface area (Å²) >= 11 is 0. The van der Waals surface area contributed by atoms with E-state index in [1.807, 2.05) is 27.7 Å². The summed E-state index contributed by atoms with van der Waals surface area (Å²) in [4.78, 5) is 19.6. The van der Waals surface area contributed by atoms with Crippen LogP contribution in [0.5, 0.6) is 0 Å². The van der Waals surface area contributed by atoms with Crippen molar-refractivity contribution in [2.24, 2.45) is 0 Å². The molecule has 0 saturated carbocycles. The summed E-state index contributed by atoms with van der Waals surface area (Å²) < 4.78 is 13.5. The van der Waals surface area contributed by atoms with E-state index in [0.29, 0.717) is 11.6 Å². The van der Waals surface area contributed by atoms with Crippen LogP contribution in [0.25, 0.3) is 5.95 Å². The quantitative estimate of drug-likeness (QED) is 0.633. The monoisotopic (exact) mass is 299 g/mol. The molecule has 2 aromatic heterocycles. The van der Waals surface area contributed by atoms with Gasteiger partial charge in [0.05, 0.1) is 16.9 Å². The van der Waals surface area contributed by atoms with Gasteiger partial charge >= 0.3 is 7.12 Å². The van der Waals surface area contributed by atoms with E-state index in [4.69, 9.17) is 9.31 Å². The molecule has 0 atom stereocenters. The summed E-state index contributed by atoms with van der Waals surface area (Å²) in [6, 6.07) is 3.48. The smallest absolute Gasteiger partial charge is 0.399 e. The highest BCUT2D eigenvalue weighted by Crippen LogP contribution is 2.36. The van der Waals surface area contributed by atoms with Crippen molar-refractivity contribution in [3.8, 4) is 5.95 Å². The van der Waals surface area contributed by atoms with E-state index in [-0.39, 0.29) is 0 Å². The Labute approximate surface area is 129 Å². The van der Waals surface area contributed by atoms with E-state index in [0.717, 1.165) is 11.7 Å². The number of aromatic nitrogens is 3. The van der Waals surface area contributed by atoms with Crippen LogP contribution in [0.1, 0.15) is 38.2 Å². The first-order valence-corrected chi connectivity index (χ1v) is 7.14. The molecular weight excluding hydrogens is 281 g/mol. The van der Waals surface area contributed by atoms with Gasteiger partial charge in [0.1, 0.15) is 0 Å². The largest absolute Gasteiger partial charge is 0.498 e. The molecule has 0 aliphatic carbocycles. The second-order valence-electron chi connectivity index (χ2n) is 6.33. The molecule has 1 aliphatic rings. The molecule has 1 aliphatic heterocycles. The van der Waals surface area contributed by atoms with Gasteiger partial charge in [-0.15, -0.1) is 0 Å². The van der Waals surface area contributed by atoms with E-state index in [1.54, 1.807) is 35.3 Å². The second-order valence-corrected chi connectivity index (χ2v) is 6.33. The first-order valence-electron chi connectivity index (χ1n) is 7.14. The van der Waals surface area contributed by atoms with Crippen molar-refractivity contribution in [1.82, 2.24) is 14.5 Å². The number of hydrogen-bond acceptors (Lipinski definition) is 5. The van der Waals surface area contributed by atoms with E-state index >= 15 is 0 Å². The van der Waals surface area contributed by atoms with Gasteiger partial charge in [0, 0.05) is 24.1 Å². The zero-order valence-corrected chi connectivity index (χ0v) is 13.1. The van der Waals surface area contributed by atoms with Gasteiger partial charge in [0.25, 0.3) is 0 Å². The third-order valence-electron chi connectivity index (χ3n) is 4.30. The van der Waals surface area contributed by atoms with Gasteiger partial charge in [-0.3, -0.25) is 9.36 Å². The zero-order valence-electron chi connectivity index (χ0n) is 13.1. The predicted molar refractivity (Wildman–Crippen MR) is 82.5 cm³/mol. The Balaban J connectivity index is 1.86. The molecule has 0 N–H and O–H groups in total. The number of carbonyl (C=O) groups excluding carboxylic acids is 1. The molecule has 0 unspecified atom stereocenters. The van der Waals surface area contributed by atoms with Crippen molar-refractivity contribution in [3.05, 3.63) is 36.4 Å². The molecule has 3 rings (SSSR count). The Bertz CT molecular complexity index is 678. The van der Waals surface area contributed by atoms with Gasteiger partial charge < -0.3 is 9.31 Å². The van der Waals surface area contributed by atoms with Crippen LogP contribution in [0.3, 0.4) is 0 Å². The lowest BCUT2D eigenvalue weighted by Crippen LogP contribution is -2.41. The van der Waals surface area contributed by atoms with Gasteiger partial charge in [-0.1, -0.05) is 0 Å². The second kappa shape index (κ2) is 5.03. The minimum atomic E-state index is -0.491. The SMILES string of the molecule is CC1(C)OB(c2cnc(-n3cccc3C=O)nc2)OC1(C)C. The molecule has 114 valence electrons. The van der Waals surface area contributed by atoms with Crippen molar-refractivity contribution in [1.29, 1.82) is 0 Å². The molecule has 2 aromatic rings. The lowest BCUT2D eigenvalue weighted by Gasteiger charge is -2.32. The van der Waals surface area contributed by atoms with E-state index in [9.17, 15) is 4.79 Å². The Hall–Kier alpha value is -1.99. The summed E-state index contributed by atoms with van der Waals surface area (Å²) in [5.74, 6) is 0.437. The van der Waals surface area contributed by atoms with Crippen LogP contribution in [0.2, 0.25) is 0 Å². The summed E-state index contributed by atoms with van der Waals surface area (Å²) in [5, 5.41) is 0. The Morgan fingerprint density at radius 1 is 1.14 bits per heavy atom. The molecule has 0 radical (unpaired) electrons. The summed E-state index contributed by atoms with van der Waals surface area (Å²) in [7, 11) is -0.491. The Morgan fingerprint density at radius 3 is 2.27 bits per heavy atom. The lowest BCUT2D eigenvalue weighted by atomic mass is 9.81. The first-order chi connectivity index (χ1) is 10.3. The molecule has 1 saturated heterocycles. The number of rotatable bonds is 3. The molecule has 0 aromatic carbocycles. The van der Waals surface area contributed by atoms with Crippen molar-refractivity contribution >= 4 is 18.9 Å². The molecule has 7 heteroatoms. The maximum absolute atomic E-state index is 11.0.